The van der Waals surface area contributed by atoms with Crippen LogP contribution in [0.3, 0.4) is 0 Å². The molecule has 2 heteroatoms. The molecule has 0 bridgehead atoms. The van der Waals surface area contributed by atoms with Crippen LogP contribution in [0.1, 0.15) is 52.9 Å². The van der Waals surface area contributed by atoms with Crippen molar-refractivity contribution < 1.29 is 4.79 Å². The maximum atomic E-state index is 11.2. The van der Waals surface area contributed by atoms with E-state index in [0.29, 0.717) is 11.3 Å². The van der Waals surface area contributed by atoms with Crippen molar-refractivity contribution in [1.29, 1.82) is 0 Å². The van der Waals surface area contributed by atoms with E-state index in [0.717, 1.165) is 5.92 Å². The van der Waals surface area contributed by atoms with E-state index in [1.807, 2.05) is 0 Å². The SMILES string of the molecule is CNC12CC[C@H]([C@H](C)C=O)C1(C)CCCC2C. The van der Waals surface area contributed by atoms with Gasteiger partial charge >= 0.3 is 0 Å². The van der Waals surface area contributed by atoms with Crippen LogP contribution >= 0.6 is 0 Å². The summed E-state index contributed by atoms with van der Waals surface area (Å²) in [6.07, 6.45) is 7.55. The van der Waals surface area contributed by atoms with E-state index in [-0.39, 0.29) is 11.5 Å². The quantitative estimate of drug-likeness (QED) is 0.765. The Morgan fingerprint density at radius 2 is 2.06 bits per heavy atom. The van der Waals surface area contributed by atoms with Crippen molar-refractivity contribution in [2.75, 3.05) is 7.05 Å². The van der Waals surface area contributed by atoms with Crippen LogP contribution in [0.4, 0.5) is 0 Å². The van der Waals surface area contributed by atoms with E-state index >= 15 is 0 Å². The molecule has 2 rings (SSSR count). The topological polar surface area (TPSA) is 29.1 Å². The van der Waals surface area contributed by atoms with Crippen molar-refractivity contribution in [3.8, 4) is 0 Å². The zero-order valence-electron chi connectivity index (χ0n) is 11.8. The van der Waals surface area contributed by atoms with E-state index in [2.05, 4.69) is 33.1 Å². The molecule has 0 aromatic rings. The zero-order chi connectivity index (χ0) is 12.7. The van der Waals surface area contributed by atoms with Crippen molar-refractivity contribution >= 4 is 6.29 Å². The highest BCUT2D eigenvalue weighted by Gasteiger charge is 2.60. The van der Waals surface area contributed by atoms with Crippen molar-refractivity contribution in [1.82, 2.24) is 5.32 Å². The van der Waals surface area contributed by atoms with Crippen LogP contribution in [0, 0.1) is 23.2 Å². The smallest absolute Gasteiger partial charge is 0.123 e. The van der Waals surface area contributed by atoms with Gasteiger partial charge in [0.1, 0.15) is 6.29 Å². The number of aldehydes is 1. The molecule has 0 heterocycles. The predicted octanol–water partition coefficient (Wildman–Crippen LogP) is 3.02. The maximum absolute atomic E-state index is 11.2. The highest BCUT2D eigenvalue weighted by atomic mass is 16.1. The fourth-order valence-corrected chi connectivity index (χ4v) is 5.15. The molecule has 5 atom stereocenters. The van der Waals surface area contributed by atoms with Crippen LogP contribution in [0.5, 0.6) is 0 Å². The molecule has 0 saturated heterocycles. The van der Waals surface area contributed by atoms with Crippen molar-refractivity contribution in [3.63, 3.8) is 0 Å². The van der Waals surface area contributed by atoms with Crippen molar-refractivity contribution in [2.45, 2.75) is 58.4 Å². The second kappa shape index (κ2) is 4.38. The van der Waals surface area contributed by atoms with Crippen molar-refractivity contribution in [2.24, 2.45) is 23.2 Å². The number of fused-ring (bicyclic) bond motifs is 1. The molecule has 17 heavy (non-hydrogen) atoms. The summed E-state index contributed by atoms with van der Waals surface area (Å²) in [5.41, 5.74) is 0.576. The average molecular weight is 237 g/mol. The first-order valence-corrected chi connectivity index (χ1v) is 7.16. The fourth-order valence-electron chi connectivity index (χ4n) is 5.15. The molecular formula is C15H27NO. The molecule has 2 fully saturated rings. The van der Waals surface area contributed by atoms with Crippen LogP contribution < -0.4 is 5.32 Å². The first kappa shape index (κ1) is 13.1. The number of rotatable bonds is 3. The van der Waals surface area contributed by atoms with Gasteiger partial charge in [0.05, 0.1) is 0 Å². The van der Waals surface area contributed by atoms with E-state index in [1.165, 1.54) is 38.4 Å². The van der Waals surface area contributed by atoms with Gasteiger partial charge in [-0.05, 0) is 50.0 Å². The first-order chi connectivity index (χ1) is 8.02. The minimum atomic E-state index is 0.209. The Kier molecular flexibility index (Phi) is 3.37. The highest BCUT2D eigenvalue weighted by molar-refractivity contribution is 5.54. The van der Waals surface area contributed by atoms with Gasteiger partial charge < -0.3 is 10.1 Å². The third kappa shape index (κ3) is 1.60. The number of hydrogen-bond donors (Lipinski definition) is 1. The number of nitrogens with one attached hydrogen (secondary N) is 1. The van der Waals surface area contributed by atoms with Gasteiger partial charge in [-0.25, -0.2) is 0 Å². The second-order valence-electron chi connectivity index (χ2n) is 6.57. The molecule has 98 valence electrons. The van der Waals surface area contributed by atoms with Crippen molar-refractivity contribution in [3.05, 3.63) is 0 Å². The molecule has 3 unspecified atom stereocenters. The molecule has 2 aliphatic rings. The molecule has 0 aromatic carbocycles. The lowest BCUT2D eigenvalue weighted by atomic mass is 9.55. The highest BCUT2D eigenvalue weighted by Crippen LogP contribution is 2.61. The van der Waals surface area contributed by atoms with Gasteiger partial charge in [-0.1, -0.05) is 27.2 Å². The van der Waals surface area contributed by atoms with Gasteiger partial charge in [0.25, 0.3) is 0 Å². The molecule has 2 nitrogen and oxygen atoms in total. The summed E-state index contributed by atoms with van der Waals surface area (Å²) in [5, 5.41) is 3.66. The minimum absolute atomic E-state index is 0.209. The second-order valence-corrected chi connectivity index (χ2v) is 6.57. The van der Waals surface area contributed by atoms with Crippen LogP contribution in [-0.4, -0.2) is 18.9 Å². The van der Waals surface area contributed by atoms with Gasteiger partial charge in [-0.3, -0.25) is 0 Å². The summed E-state index contributed by atoms with van der Waals surface area (Å²) in [6.45, 7) is 6.92. The van der Waals surface area contributed by atoms with E-state index in [1.54, 1.807) is 0 Å². The Balaban J connectivity index is 2.37. The largest absolute Gasteiger partial charge is 0.313 e. The third-order valence-electron chi connectivity index (χ3n) is 6.16. The Labute approximate surface area is 106 Å². The van der Waals surface area contributed by atoms with E-state index < -0.39 is 0 Å². The Morgan fingerprint density at radius 1 is 1.35 bits per heavy atom. The van der Waals surface area contributed by atoms with E-state index in [4.69, 9.17) is 0 Å². The molecule has 1 N–H and O–H groups in total. The molecule has 0 aliphatic heterocycles. The summed E-state index contributed by atoms with van der Waals surface area (Å²) in [6, 6.07) is 0. The lowest BCUT2D eigenvalue weighted by molar-refractivity contribution is -0.114. The average Bonchev–Trinajstić information content (AvgIpc) is 2.63. The summed E-state index contributed by atoms with van der Waals surface area (Å²) < 4.78 is 0. The van der Waals surface area contributed by atoms with Crippen LogP contribution in [0.25, 0.3) is 0 Å². The van der Waals surface area contributed by atoms with Gasteiger partial charge in [-0.15, -0.1) is 0 Å². The Hall–Kier alpha value is -0.370. The lowest BCUT2D eigenvalue weighted by Gasteiger charge is -2.54. The minimum Gasteiger partial charge on any atom is -0.313 e. The first-order valence-electron chi connectivity index (χ1n) is 7.16. The Morgan fingerprint density at radius 3 is 2.65 bits per heavy atom. The number of carbonyl (C=O) groups excluding carboxylic acids is 1. The summed E-state index contributed by atoms with van der Waals surface area (Å²) in [5.74, 6) is 1.51. The molecule has 2 saturated carbocycles. The third-order valence-corrected chi connectivity index (χ3v) is 6.16. The zero-order valence-corrected chi connectivity index (χ0v) is 11.8. The molecule has 0 amide bonds. The molecular weight excluding hydrogens is 210 g/mol. The lowest BCUT2D eigenvalue weighted by Crippen LogP contribution is -2.61. The van der Waals surface area contributed by atoms with Crippen LogP contribution in [-0.2, 0) is 4.79 Å². The van der Waals surface area contributed by atoms with Crippen LogP contribution in [0.2, 0.25) is 0 Å². The van der Waals surface area contributed by atoms with Crippen LogP contribution in [0.15, 0.2) is 0 Å². The number of carbonyl (C=O) groups is 1. The van der Waals surface area contributed by atoms with Gasteiger partial charge in [0, 0.05) is 11.5 Å². The Bertz CT molecular complexity index is 303. The molecule has 0 aromatic heterocycles. The molecule has 0 spiro atoms. The van der Waals surface area contributed by atoms with E-state index in [9.17, 15) is 4.79 Å². The monoisotopic (exact) mass is 237 g/mol. The van der Waals surface area contributed by atoms with Gasteiger partial charge in [0.2, 0.25) is 0 Å². The normalized spacial score (nSPS) is 47.5. The standard InChI is InChI=1S/C15H27NO/c1-11(10-17)13-7-9-15(16-4)12(2)6-5-8-14(13,15)3/h10-13,16H,5-9H2,1-4H3/t11-,12?,13-,14?,15?/m1/s1. The summed E-state index contributed by atoms with van der Waals surface area (Å²) in [7, 11) is 2.12. The summed E-state index contributed by atoms with van der Waals surface area (Å²) >= 11 is 0. The molecule has 0 radical (unpaired) electrons. The fraction of sp³-hybridized carbons (Fsp3) is 0.933. The summed E-state index contributed by atoms with van der Waals surface area (Å²) in [4.78, 5) is 11.2. The van der Waals surface area contributed by atoms with Gasteiger partial charge in [0.15, 0.2) is 0 Å². The van der Waals surface area contributed by atoms with Gasteiger partial charge in [-0.2, -0.15) is 0 Å². The number of hydrogen-bond acceptors (Lipinski definition) is 2. The molecule has 2 aliphatic carbocycles. The predicted molar refractivity (Wildman–Crippen MR) is 70.9 cm³/mol. The maximum Gasteiger partial charge on any atom is 0.123 e.